The van der Waals surface area contributed by atoms with Crippen molar-refractivity contribution in [2.45, 2.75) is 29.0 Å². The summed E-state index contributed by atoms with van der Waals surface area (Å²) in [6.07, 6.45) is 5.46. The fraction of sp³-hybridized carbons (Fsp3) is 0.200. The van der Waals surface area contributed by atoms with Crippen LogP contribution in [0.4, 0.5) is 11.4 Å². The average molecular weight is 449 g/mol. The molecule has 3 atom stereocenters. The molecule has 4 nitrogen and oxygen atoms in total. The molecule has 0 amide bonds. The first-order valence-electron chi connectivity index (χ1n) is 10.3. The molecule has 0 aromatic heterocycles. The Bertz CT molecular complexity index is 1170. The lowest BCUT2D eigenvalue weighted by molar-refractivity contribution is -0.384. The Morgan fingerprint density at radius 2 is 1.94 bits per heavy atom. The minimum absolute atomic E-state index is 0.00742. The van der Waals surface area contributed by atoms with E-state index in [0.29, 0.717) is 11.8 Å². The van der Waals surface area contributed by atoms with Crippen molar-refractivity contribution in [3.63, 3.8) is 0 Å². The third-order valence-corrected chi connectivity index (χ3v) is 7.50. The highest BCUT2D eigenvalue weighted by atomic mass is 35.5. The molecule has 156 valence electrons. The number of nitro groups is 1. The summed E-state index contributed by atoms with van der Waals surface area (Å²) in [6.45, 7) is 0. The van der Waals surface area contributed by atoms with E-state index >= 15 is 0 Å². The zero-order valence-corrected chi connectivity index (χ0v) is 18.3. The first-order valence-corrected chi connectivity index (χ1v) is 11.6. The molecule has 0 radical (unpaired) electrons. The van der Waals surface area contributed by atoms with Crippen molar-refractivity contribution in [2.75, 3.05) is 5.32 Å². The molecule has 6 heteroatoms. The van der Waals surface area contributed by atoms with Gasteiger partial charge in [0.15, 0.2) is 0 Å². The topological polar surface area (TPSA) is 55.2 Å². The van der Waals surface area contributed by atoms with Crippen molar-refractivity contribution in [3.8, 4) is 0 Å². The highest BCUT2D eigenvalue weighted by molar-refractivity contribution is 7.98. The second-order valence-corrected chi connectivity index (χ2v) is 9.42. The molecule has 0 saturated heterocycles. The van der Waals surface area contributed by atoms with Crippen LogP contribution in [0.25, 0.3) is 0 Å². The van der Waals surface area contributed by atoms with Gasteiger partial charge in [0.2, 0.25) is 0 Å². The van der Waals surface area contributed by atoms with Crippen molar-refractivity contribution in [1.82, 2.24) is 0 Å². The van der Waals surface area contributed by atoms with Gasteiger partial charge in [0, 0.05) is 28.3 Å². The van der Waals surface area contributed by atoms with Gasteiger partial charge in [-0.2, -0.15) is 0 Å². The monoisotopic (exact) mass is 448 g/mol. The van der Waals surface area contributed by atoms with E-state index in [1.54, 1.807) is 12.1 Å². The van der Waals surface area contributed by atoms with E-state index in [9.17, 15) is 10.1 Å². The summed E-state index contributed by atoms with van der Waals surface area (Å²) in [6, 6.07) is 22.2. The van der Waals surface area contributed by atoms with Crippen LogP contribution >= 0.6 is 23.4 Å². The minimum atomic E-state index is -0.413. The summed E-state index contributed by atoms with van der Waals surface area (Å²) in [5, 5.41) is 15.2. The molecule has 0 unspecified atom stereocenters. The maximum atomic E-state index is 11.4. The van der Waals surface area contributed by atoms with Gasteiger partial charge in [0.1, 0.15) is 5.02 Å². The zero-order chi connectivity index (χ0) is 21.4. The third-order valence-electron chi connectivity index (χ3n) is 6.10. The molecular formula is C25H21ClN2O2S. The zero-order valence-electron chi connectivity index (χ0n) is 16.7. The second kappa shape index (κ2) is 8.40. The van der Waals surface area contributed by atoms with Gasteiger partial charge in [-0.1, -0.05) is 60.2 Å². The normalized spacial score (nSPS) is 21.3. The lowest BCUT2D eigenvalue weighted by atomic mass is 9.76. The van der Waals surface area contributed by atoms with Crippen LogP contribution in [-0.2, 0) is 5.75 Å². The summed E-state index contributed by atoms with van der Waals surface area (Å²) in [4.78, 5) is 12.2. The van der Waals surface area contributed by atoms with E-state index in [1.807, 2.05) is 23.9 Å². The van der Waals surface area contributed by atoms with Gasteiger partial charge >= 0.3 is 0 Å². The number of rotatable bonds is 5. The Morgan fingerprint density at radius 3 is 2.74 bits per heavy atom. The minimum Gasteiger partial charge on any atom is -0.378 e. The summed E-state index contributed by atoms with van der Waals surface area (Å²) < 4.78 is 0. The van der Waals surface area contributed by atoms with E-state index in [1.165, 1.54) is 16.0 Å². The molecule has 0 fully saturated rings. The Kier molecular flexibility index (Phi) is 5.47. The number of fused-ring (bicyclic) bond motifs is 3. The Morgan fingerprint density at radius 1 is 1.10 bits per heavy atom. The van der Waals surface area contributed by atoms with E-state index in [0.717, 1.165) is 23.4 Å². The summed E-state index contributed by atoms with van der Waals surface area (Å²) >= 11 is 7.88. The van der Waals surface area contributed by atoms with Crippen LogP contribution in [0.1, 0.15) is 35.1 Å². The van der Waals surface area contributed by atoms with Crippen LogP contribution in [0.2, 0.25) is 5.02 Å². The van der Waals surface area contributed by atoms with Gasteiger partial charge < -0.3 is 5.32 Å². The second-order valence-electron chi connectivity index (χ2n) is 7.97. The fourth-order valence-corrected chi connectivity index (χ4v) is 5.66. The highest BCUT2D eigenvalue weighted by Crippen LogP contribution is 2.50. The molecule has 1 aliphatic heterocycles. The van der Waals surface area contributed by atoms with Gasteiger partial charge in [-0.05, 0) is 53.3 Å². The molecule has 31 heavy (non-hydrogen) atoms. The first kappa shape index (κ1) is 20.2. The van der Waals surface area contributed by atoms with Gasteiger partial charge in [-0.25, -0.2) is 0 Å². The number of nitrogens with one attached hydrogen (secondary N) is 1. The van der Waals surface area contributed by atoms with Crippen molar-refractivity contribution < 1.29 is 4.92 Å². The van der Waals surface area contributed by atoms with E-state index in [-0.39, 0.29) is 16.8 Å². The number of hydrogen-bond donors (Lipinski definition) is 1. The summed E-state index contributed by atoms with van der Waals surface area (Å²) in [5.41, 5.74) is 4.58. The van der Waals surface area contributed by atoms with Crippen molar-refractivity contribution in [3.05, 3.63) is 111 Å². The number of anilines is 1. The maximum absolute atomic E-state index is 11.4. The molecule has 0 saturated carbocycles. The third kappa shape index (κ3) is 3.95. The first-order chi connectivity index (χ1) is 15.1. The summed E-state index contributed by atoms with van der Waals surface area (Å²) in [7, 11) is 0. The predicted molar refractivity (Wildman–Crippen MR) is 127 cm³/mol. The molecule has 2 aliphatic rings. The molecule has 3 aromatic rings. The Balaban J connectivity index is 1.43. The number of halogens is 1. The lowest BCUT2D eigenvalue weighted by Gasteiger charge is -2.37. The van der Waals surface area contributed by atoms with Crippen LogP contribution in [-0.4, -0.2) is 4.92 Å². The number of nitrogens with zero attached hydrogens (tertiary/aromatic N) is 1. The SMILES string of the molecule is O=[N+]([O-])c1cc([C@@H]2Nc3ccc(CSc4ccccc4)cc3[C@H]3C=CC[C@@H]32)ccc1Cl. The van der Waals surface area contributed by atoms with Crippen molar-refractivity contribution >= 4 is 34.7 Å². The van der Waals surface area contributed by atoms with Crippen LogP contribution in [0, 0.1) is 16.0 Å². The fourth-order valence-electron chi connectivity index (χ4n) is 4.61. The molecule has 1 heterocycles. The summed E-state index contributed by atoms with van der Waals surface area (Å²) in [5.74, 6) is 1.55. The van der Waals surface area contributed by atoms with Crippen LogP contribution in [0.5, 0.6) is 0 Å². The predicted octanol–water partition coefficient (Wildman–Crippen LogP) is 7.37. The number of thioether (sulfide) groups is 1. The Hall–Kier alpha value is -2.76. The number of nitro benzene ring substituents is 1. The quantitative estimate of drug-likeness (QED) is 0.191. The maximum Gasteiger partial charge on any atom is 0.288 e. The van der Waals surface area contributed by atoms with E-state index in [4.69, 9.17) is 11.6 Å². The van der Waals surface area contributed by atoms with Gasteiger partial charge in [-0.15, -0.1) is 11.8 Å². The molecule has 3 aromatic carbocycles. The number of allylic oxidation sites excluding steroid dienone is 2. The van der Waals surface area contributed by atoms with E-state index in [2.05, 4.69) is 59.9 Å². The molecule has 1 N–H and O–H groups in total. The van der Waals surface area contributed by atoms with Crippen molar-refractivity contribution in [1.29, 1.82) is 0 Å². The highest BCUT2D eigenvalue weighted by Gasteiger charge is 2.38. The number of benzene rings is 3. The van der Waals surface area contributed by atoms with Gasteiger partial charge in [0.25, 0.3) is 5.69 Å². The lowest BCUT2D eigenvalue weighted by Crippen LogP contribution is -2.29. The molecule has 0 bridgehead atoms. The van der Waals surface area contributed by atoms with Crippen LogP contribution in [0.3, 0.4) is 0 Å². The van der Waals surface area contributed by atoms with Gasteiger partial charge in [0.05, 0.1) is 11.0 Å². The molecule has 5 rings (SSSR count). The van der Waals surface area contributed by atoms with Gasteiger partial charge in [-0.3, -0.25) is 10.1 Å². The largest absolute Gasteiger partial charge is 0.378 e. The number of hydrogen-bond acceptors (Lipinski definition) is 4. The molecular weight excluding hydrogens is 428 g/mol. The average Bonchev–Trinajstić information content (AvgIpc) is 3.28. The van der Waals surface area contributed by atoms with Crippen LogP contribution < -0.4 is 5.32 Å². The van der Waals surface area contributed by atoms with Crippen molar-refractivity contribution in [2.24, 2.45) is 5.92 Å². The van der Waals surface area contributed by atoms with E-state index < -0.39 is 4.92 Å². The van der Waals surface area contributed by atoms with Crippen LogP contribution in [0.15, 0.2) is 83.8 Å². The Labute approximate surface area is 190 Å². The smallest absolute Gasteiger partial charge is 0.288 e. The molecule has 1 aliphatic carbocycles. The molecule has 0 spiro atoms. The standard InChI is InChI=1S/C25H21ClN2O2S/c26-22-11-10-17(14-24(22)28(29)30)25-20-8-4-7-19(20)21-13-16(9-12-23(21)27-25)15-31-18-5-2-1-3-6-18/h1-7,9-14,19-20,25,27H,8,15H2/t19-,20-,25-/m0/s1.